The van der Waals surface area contributed by atoms with Crippen LogP contribution in [0, 0.1) is 0 Å². The van der Waals surface area contributed by atoms with Gasteiger partial charge in [-0.05, 0) is 71.8 Å². The fourth-order valence-electron chi connectivity index (χ4n) is 6.58. The van der Waals surface area contributed by atoms with Gasteiger partial charge >= 0.3 is 0 Å². The van der Waals surface area contributed by atoms with Gasteiger partial charge in [0.25, 0.3) is 0 Å². The zero-order valence-electron chi connectivity index (χ0n) is 22.6. The maximum absolute atomic E-state index is 4.83. The molecule has 0 aliphatic rings. The van der Waals surface area contributed by atoms with E-state index in [-0.39, 0.29) is 0 Å². The lowest BCUT2D eigenvalue weighted by Crippen LogP contribution is -1.94. The maximum Gasteiger partial charge on any atom is 0.0730 e. The number of benzene rings is 5. The van der Waals surface area contributed by atoms with E-state index in [1.54, 1.807) is 0 Å². The lowest BCUT2D eigenvalue weighted by atomic mass is 10.00. The molecule has 9 aromatic rings. The summed E-state index contributed by atoms with van der Waals surface area (Å²) in [4.78, 5) is 9.30. The van der Waals surface area contributed by atoms with Crippen LogP contribution in [0.5, 0.6) is 0 Å². The monoisotopic (exact) mass is 536 g/mol. The molecular formula is C38H24N4. The van der Waals surface area contributed by atoms with Gasteiger partial charge in [-0.2, -0.15) is 0 Å². The summed E-state index contributed by atoms with van der Waals surface area (Å²) in [5.74, 6) is 0. The molecule has 0 saturated carbocycles. The van der Waals surface area contributed by atoms with E-state index in [0.717, 1.165) is 27.9 Å². The molecule has 0 N–H and O–H groups in total. The van der Waals surface area contributed by atoms with Gasteiger partial charge < -0.3 is 9.13 Å². The highest BCUT2D eigenvalue weighted by atomic mass is 15.0. The normalized spacial score (nSPS) is 11.8. The van der Waals surface area contributed by atoms with E-state index in [0.29, 0.717) is 0 Å². The van der Waals surface area contributed by atoms with Crippen LogP contribution in [-0.2, 0) is 0 Å². The highest BCUT2D eigenvalue weighted by Crippen LogP contribution is 2.39. The molecule has 4 heteroatoms. The standard InChI is InChI=1S/C38H24N4/c1-3-9-27(10-4-1)41-34-17-15-25(21-31(34)29-19-20-39-23-36(29)41)26-16-18-35-32(22-26)38-30-13-7-8-14-33(30)40-24-37(38)42(35)28-11-5-2-6-12-28/h1-24H. The van der Waals surface area contributed by atoms with Crippen molar-refractivity contribution in [2.75, 3.05) is 0 Å². The number of para-hydroxylation sites is 3. The number of fused-ring (bicyclic) bond motifs is 8. The van der Waals surface area contributed by atoms with E-state index in [9.17, 15) is 0 Å². The lowest BCUT2D eigenvalue weighted by molar-refractivity contribution is 1.17. The summed E-state index contributed by atoms with van der Waals surface area (Å²) in [6.45, 7) is 0. The van der Waals surface area contributed by atoms with Gasteiger partial charge in [0.05, 0.1) is 40.0 Å². The fourth-order valence-corrected chi connectivity index (χ4v) is 6.58. The van der Waals surface area contributed by atoms with Crippen LogP contribution in [0.4, 0.5) is 0 Å². The average molecular weight is 537 g/mol. The molecule has 4 nitrogen and oxygen atoms in total. The molecule has 196 valence electrons. The van der Waals surface area contributed by atoms with E-state index in [1.165, 1.54) is 49.1 Å². The molecule has 0 unspecified atom stereocenters. The first-order valence-corrected chi connectivity index (χ1v) is 14.2. The van der Waals surface area contributed by atoms with Crippen molar-refractivity contribution < 1.29 is 0 Å². The molecule has 5 aromatic carbocycles. The molecule has 0 bridgehead atoms. The number of rotatable bonds is 3. The van der Waals surface area contributed by atoms with Crippen LogP contribution in [0.1, 0.15) is 0 Å². The van der Waals surface area contributed by atoms with Crippen molar-refractivity contribution in [3.05, 3.63) is 146 Å². The highest BCUT2D eigenvalue weighted by Gasteiger charge is 2.17. The third-order valence-corrected chi connectivity index (χ3v) is 8.43. The quantitative estimate of drug-likeness (QED) is 0.225. The first-order valence-electron chi connectivity index (χ1n) is 14.2. The topological polar surface area (TPSA) is 35.6 Å². The van der Waals surface area contributed by atoms with Gasteiger partial charge in [-0.3, -0.25) is 9.97 Å². The Morgan fingerprint density at radius 1 is 0.429 bits per heavy atom. The highest BCUT2D eigenvalue weighted by molar-refractivity contribution is 6.21. The third-order valence-electron chi connectivity index (χ3n) is 8.43. The second-order valence-electron chi connectivity index (χ2n) is 10.7. The predicted octanol–water partition coefficient (Wildman–Crippen LogP) is 9.49. The molecular weight excluding hydrogens is 512 g/mol. The first-order chi connectivity index (χ1) is 20.8. The molecule has 4 heterocycles. The number of hydrogen-bond donors (Lipinski definition) is 0. The molecule has 0 spiro atoms. The Labute approximate surface area is 241 Å². The van der Waals surface area contributed by atoms with Crippen LogP contribution in [0.3, 0.4) is 0 Å². The molecule has 0 fully saturated rings. The summed E-state index contributed by atoms with van der Waals surface area (Å²) in [7, 11) is 0. The van der Waals surface area contributed by atoms with E-state index in [4.69, 9.17) is 4.98 Å². The minimum Gasteiger partial charge on any atom is -0.308 e. The van der Waals surface area contributed by atoms with Crippen LogP contribution in [0.25, 0.3) is 77.0 Å². The first kappa shape index (κ1) is 23.0. The van der Waals surface area contributed by atoms with Gasteiger partial charge in [0.1, 0.15) is 0 Å². The molecule has 4 aromatic heterocycles. The minimum atomic E-state index is 1.01. The SMILES string of the molecule is c1ccc(-n2c3ccc(-c4ccc5c(c4)c4c6ccccc6ncc4n5-c4ccccc4)cc3c3ccncc32)cc1. The van der Waals surface area contributed by atoms with Gasteiger partial charge in [-0.1, -0.05) is 66.7 Å². The lowest BCUT2D eigenvalue weighted by Gasteiger charge is -2.09. The summed E-state index contributed by atoms with van der Waals surface area (Å²) in [6, 6.07) is 45.3. The second kappa shape index (κ2) is 8.88. The number of nitrogens with zero attached hydrogens (tertiary/aromatic N) is 4. The number of pyridine rings is 2. The van der Waals surface area contributed by atoms with E-state index in [2.05, 4.69) is 142 Å². The molecule has 0 amide bonds. The zero-order valence-corrected chi connectivity index (χ0v) is 22.6. The summed E-state index contributed by atoms with van der Waals surface area (Å²) in [6.07, 6.45) is 5.86. The second-order valence-corrected chi connectivity index (χ2v) is 10.7. The largest absolute Gasteiger partial charge is 0.308 e. The molecule has 0 atom stereocenters. The number of aromatic nitrogens is 4. The van der Waals surface area contributed by atoms with Crippen LogP contribution >= 0.6 is 0 Å². The Morgan fingerprint density at radius 2 is 1.05 bits per heavy atom. The van der Waals surface area contributed by atoms with Gasteiger partial charge in [0.15, 0.2) is 0 Å². The van der Waals surface area contributed by atoms with Crippen LogP contribution in [0.2, 0.25) is 0 Å². The molecule has 0 radical (unpaired) electrons. The molecule has 42 heavy (non-hydrogen) atoms. The fraction of sp³-hybridized carbons (Fsp3) is 0. The maximum atomic E-state index is 4.83. The van der Waals surface area contributed by atoms with Gasteiger partial charge in [-0.25, -0.2) is 0 Å². The molecule has 9 rings (SSSR count). The Balaban J connectivity index is 1.32. The summed E-state index contributed by atoms with van der Waals surface area (Å²) in [5.41, 5.74) is 10.2. The number of hydrogen-bond acceptors (Lipinski definition) is 2. The Morgan fingerprint density at radius 3 is 1.79 bits per heavy atom. The Hall–Kier alpha value is -5.74. The summed E-state index contributed by atoms with van der Waals surface area (Å²) >= 11 is 0. The van der Waals surface area contributed by atoms with Crippen molar-refractivity contribution in [3.8, 4) is 22.5 Å². The van der Waals surface area contributed by atoms with Crippen molar-refractivity contribution in [2.45, 2.75) is 0 Å². The summed E-state index contributed by atoms with van der Waals surface area (Å²) in [5, 5.41) is 6.04. The molecule has 0 aliphatic carbocycles. The third kappa shape index (κ3) is 3.29. The van der Waals surface area contributed by atoms with Crippen molar-refractivity contribution in [1.29, 1.82) is 0 Å². The van der Waals surface area contributed by atoms with Gasteiger partial charge in [0, 0.05) is 44.5 Å². The average Bonchev–Trinajstić information content (AvgIpc) is 3.58. The van der Waals surface area contributed by atoms with E-state index in [1.807, 2.05) is 18.6 Å². The van der Waals surface area contributed by atoms with E-state index < -0.39 is 0 Å². The van der Waals surface area contributed by atoms with Crippen molar-refractivity contribution in [1.82, 2.24) is 19.1 Å². The van der Waals surface area contributed by atoms with Gasteiger partial charge in [-0.15, -0.1) is 0 Å². The summed E-state index contributed by atoms with van der Waals surface area (Å²) < 4.78 is 4.63. The smallest absolute Gasteiger partial charge is 0.0730 e. The predicted molar refractivity (Wildman–Crippen MR) is 174 cm³/mol. The van der Waals surface area contributed by atoms with Crippen LogP contribution < -0.4 is 0 Å². The van der Waals surface area contributed by atoms with Crippen LogP contribution in [-0.4, -0.2) is 19.1 Å². The van der Waals surface area contributed by atoms with Crippen molar-refractivity contribution >= 4 is 54.5 Å². The molecule has 0 aliphatic heterocycles. The van der Waals surface area contributed by atoms with Crippen LogP contribution in [0.15, 0.2) is 146 Å². The van der Waals surface area contributed by atoms with E-state index >= 15 is 0 Å². The minimum absolute atomic E-state index is 1.01. The Bertz CT molecular complexity index is 2450. The molecule has 0 saturated heterocycles. The Kier molecular flexibility index (Phi) is 4.87. The van der Waals surface area contributed by atoms with Crippen molar-refractivity contribution in [2.24, 2.45) is 0 Å². The van der Waals surface area contributed by atoms with Gasteiger partial charge in [0.2, 0.25) is 0 Å². The zero-order chi connectivity index (χ0) is 27.6. The van der Waals surface area contributed by atoms with Crippen molar-refractivity contribution in [3.63, 3.8) is 0 Å².